The summed E-state index contributed by atoms with van der Waals surface area (Å²) in [6, 6.07) is 0. The summed E-state index contributed by atoms with van der Waals surface area (Å²) < 4.78 is 3.11. The number of thioether (sulfide) groups is 1. The first-order chi connectivity index (χ1) is 11.6. The Morgan fingerprint density at radius 1 is 1.12 bits per heavy atom. The molecule has 2 aromatic rings. The Kier molecular flexibility index (Phi) is 4.82. The van der Waals surface area contributed by atoms with Crippen molar-refractivity contribution >= 4 is 39.0 Å². The van der Waals surface area contributed by atoms with E-state index in [1.807, 2.05) is 23.1 Å². The van der Waals surface area contributed by atoms with Crippen molar-refractivity contribution in [3.63, 3.8) is 0 Å². The molecule has 0 saturated heterocycles. The molecule has 3 nitrogen and oxygen atoms in total. The Morgan fingerprint density at radius 3 is 2.50 bits per heavy atom. The number of nitrogens with zero attached hydrogens (tertiary/aromatic N) is 3. The molecule has 1 saturated carbocycles. The lowest BCUT2D eigenvalue weighted by Crippen LogP contribution is -2.09. The van der Waals surface area contributed by atoms with Crippen molar-refractivity contribution in [1.29, 1.82) is 0 Å². The topological polar surface area (TPSA) is 30.7 Å². The molecule has 0 N–H and O–H groups in total. The molecule has 0 bridgehead atoms. The molecule has 1 fully saturated rings. The Hall–Kier alpha value is -0.330. The maximum atomic E-state index is 4.47. The lowest BCUT2D eigenvalue weighted by atomic mass is 9.92. The van der Waals surface area contributed by atoms with Gasteiger partial charge in [0.25, 0.3) is 0 Å². The second-order valence-corrected chi connectivity index (χ2v) is 10.4. The van der Waals surface area contributed by atoms with Gasteiger partial charge in [-0.3, -0.25) is 4.57 Å². The molecule has 0 spiro atoms. The maximum absolute atomic E-state index is 4.47. The van der Waals surface area contributed by atoms with Crippen molar-refractivity contribution in [3.8, 4) is 5.00 Å². The fraction of sp³-hybridized carbons (Fsp3) is 0.667. The van der Waals surface area contributed by atoms with Gasteiger partial charge >= 0.3 is 0 Å². The van der Waals surface area contributed by atoms with Crippen molar-refractivity contribution < 1.29 is 0 Å². The number of hydrogen-bond donors (Lipinski definition) is 0. The average molecular weight is 426 g/mol. The van der Waals surface area contributed by atoms with Crippen LogP contribution in [0.25, 0.3) is 5.00 Å². The molecule has 0 aromatic carbocycles. The van der Waals surface area contributed by atoms with Gasteiger partial charge in [0.2, 0.25) is 4.73 Å². The van der Waals surface area contributed by atoms with Crippen LogP contribution in [-0.4, -0.2) is 20.0 Å². The smallest absolute Gasteiger partial charge is 0.206 e. The minimum Gasteiger partial charge on any atom is -0.255 e. The Morgan fingerprint density at radius 2 is 1.83 bits per heavy atom. The van der Waals surface area contributed by atoms with Gasteiger partial charge < -0.3 is 0 Å². The van der Waals surface area contributed by atoms with Crippen LogP contribution in [-0.2, 0) is 12.8 Å². The zero-order valence-electron chi connectivity index (χ0n) is 14.5. The summed E-state index contributed by atoms with van der Waals surface area (Å²) in [6.07, 6.45) is 7.89. The summed E-state index contributed by atoms with van der Waals surface area (Å²) in [4.78, 5) is 1.66. The van der Waals surface area contributed by atoms with Gasteiger partial charge in [0.05, 0.1) is 0 Å². The predicted molar refractivity (Wildman–Crippen MR) is 106 cm³/mol. The van der Waals surface area contributed by atoms with E-state index < -0.39 is 0 Å². The Bertz CT molecular complexity index is 746. The molecule has 1 atom stereocenters. The van der Waals surface area contributed by atoms with E-state index >= 15 is 0 Å². The summed E-state index contributed by atoms with van der Waals surface area (Å²) >= 11 is 7.50. The van der Waals surface area contributed by atoms with Crippen LogP contribution in [0.4, 0.5) is 0 Å². The van der Waals surface area contributed by atoms with Gasteiger partial charge in [-0.25, -0.2) is 0 Å². The first kappa shape index (κ1) is 17.1. The predicted octanol–water partition coefficient (Wildman–Crippen LogP) is 5.98. The first-order valence-electron chi connectivity index (χ1n) is 8.98. The van der Waals surface area contributed by atoms with Gasteiger partial charge in [-0.1, -0.05) is 32.5 Å². The summed E-state index contributed by atoms with van der Waals surface area (Å²) in [6.45, 7) is 6.82. The van der Waals surface area contributed by atoms with Crippen LogP contribution in [0.1, 0.15) is 68.4 Å². The van der Waals surface area contributed by atoms with Crippen molar-refractivity contribution in [1.82, 2.24) is 14.8 Å². The first-order valence-corrected chi connectivity index (χ1v) is 11.5. The van der Waals surface area contributed by atoms with Crippen LogP contribution in [0.2, 0.25) is 0 Å². The van der Waals surface area contributed by atoms with E-state index in [0.717, 1.165) is 15.8 Å². The van der Waals surface area contributed by atoms with E-state index in [4.69, 9.17) is 0 Å². The third-order valence-corrected chi connectivity index (χ3v) is 8.53. The van der Waals surface area contributed by atoms with Crippen molar-refractivity contribution in [3.05, 3.63) is 20.7 Å². The molecule has 2 heterocycles. The second-order valence-electron chi connectivity index (χ2n) is 7.36. The van der Waals surface area contributed by atoms with Gasteiger partial charge in [0, 0.05) is 10.1 Å². The monoisotopic (exact) mass is 425 g/mol. The number of hydrogen-bond acceptors (Lipinski definition) is 4. The second kappa shape index (κ2) is 6.76. The fourth-order valence-corrected chi connectivity index (χ4v) is 6.56. The van der Waals surface area contributed by atoms with E-state index in [0.29, 0.717) is 11.2 Å². The van der Waals surface area contributed by atoms with E-state index in [1.54, 1.807) is 16.0 Å². The average Bonchev–Trinajstić information content (AvgIpc) is 3.26. The minimum absolute atomic E-state index is 0.526. The standard InChI is InChI=1S/C18H24BrN3S2/c1-10(2)11(3)23-18-21-20-17(19)22(18)16-14-7-5-4-6-13(14)15(24-16)12-8-9-12/h10-12H,4-9H2,1-3H3. The van der Waals surface area contributed by atoms with Gasteiger partial charge in [0.15, 0.2) is 5.16 Å². The van der Waals surface area contributed by atoms with Crippen molar-refractivity contribution in [2.24, 2.45) is 5.92 Å². The molecule has 4 rings (SSSR count). The van der Waals surface area contributed by atoms with Crippen LogP contribution in [0.15, 0.2) is 9.89 Å². The van der Waals surface area contributed by atoms with E-state index in [1.165, 1.54) is 43.5 Å². The number of rotatable bonds is 5. The van der Waals surface area contributed by atoms with Crippen LogP contribution in [0, 0.1) is 5.92 Å². The van der Waals surface area contributed by atoms with Gasteiger partial charge in [0.1, 0.15) is 5.00 Å². The molecule has 0 amide bonds. The lowest BCUT2D eigenvalue weighted by molar-refractivity contribution is 0.639. The highest BCUT2D eigenvalue weighted by Crippen LogP contribution is 2.50. The molecule has 0 aliphatic heterocycles. The van der Waals surface area contributed by atoms with E-state index in [2.05, 4.69) is 51.5 Å². The van der Waals surface area contributed by atoms with Crippen LogP contribution < -0.4 is 0 Å². The van der Waals surface area contributed by atoms with Gasteiger partial charge in [-0.05, 0) is 77.4 Å². The molecule has 2 aromatic heterocycles. The summed E-state index contributed by atoms with van der Waals surface area (Å²) in [5, 5.41) is 11.7. The minimum atomic E-state index is 0.526. The van der Waals surface area contributed by atoms with Crippen LogP contribution in [0.5, 0.6) is 0 Å². The van der Waals surface area contributed by atoms with Gasteiger partial charge in [-0.2, -0.15) is 0 Å². The molecule has 1 unspecified atom stereocenters. The number of thiophene rings is 1. The molecule has 2 aliphatic carbocycles. The maximum Gasteiger partial charge on any atom is 0.206 e. The number of halogens is 1. The van der Waals surface area contributed by atoms with Crippen molar-refractivity contribution in [2.75, 3.05) is 0 Å². The largest absolute Gasteiger partial charge is 0.255 e. The SMILES string of the molecule is CC(C)C(C)Sc1nnc(Br)n1-c1sc(C2CC2)c2c1CCCC2. The van der Waals surface area contributed by atoms with Crippen molar-refractivity contribution in [2.45, 2.75) is 75.6 Å². The molecule has 0 radical (unpaired) electrons. The molecular formula is C18H24BrN3S2. The molecular weight excluding hydrogens is 402 g/mol. The highest BCUT2D eigenvalue weighted by atomic mass is 79.9. The van der Waals surface area contributed by atoms with E-state index in [9.17, 15) is 0 Å². The zero-order chi connectivity index (χ0) is 16.8. The number of fused-ring (bicyclic) bond motifs is 1. The summed E-state index contributed by atoms with van der Waals surface area (Å²) in [5.41, 5.74) is 3.24. The highest BCUT2D eigenvalue weighted by Gasteiger charge is 2.33. The normalized spacial score (nSPS) is 18.9. The third-order valence-electron chi connectivity index (χ3n) is 5.21. The quantitative estimate of drug-likeness (QED) is 0.551. The Labute approximate surface area is 160 Å². The summed E-state index contributed by atoms with van der Waals surface area (Å²) in [7, 11) is 0. The number of aromatic nitrogens is 3. The van der Waals surface area contributed by atoms with Crippen LogP contribution >= 0.6 is 39.0 Å². The van der Waals surface area contributed by atoms with E-state index in [-0.39, 0.29) is 0 Å². The Balaban J connectivity index is 1.78. The lowest BCUT2D eigenvalue weighted by Gasteiger charge is -2.17. The fourth-order valence-electron chi connectivity index (χ4n) is 3.30. The molecule has 6 heteroatoms. The molecule has 2 aliphatic rings. The highest BCUT2D eigenvalue weighted by molar-refractivity contribution is 9.10. The zero-order valence-corrected chi connectivity index (χ0v) is 17.7. The van der Waals surface area contributed by atoms with Crippen LogP contribution in [0.3, 0.4) is 0 Å². The summed E-state index contributed by atoms with van der Waals surface area (Å²) in [5.74, 6) is 1.45. The third kappa shape index (κ3) is 3.10. The van der Waals surface area contributed by atoms with Gasteiger partial charge in [-0.15, -0.1) is 21.5 Å². The molecule has 130 valence electrons. The molecule has 24 heavy (non-hydrogen) atoms.